The van der Waals surface area contributed by atoms with Gasteiger partial charge >= 0.3 is 0 Å². The van der Waals surface area contributed by atoms with E-state index in [9.17, 15) is 9.59 Å². The number of imide groups is 1. The van der Waals surface area contributed by atoms with Gasteiger partial charge in [-0.1, -0.05) is 53.3 Å². The molecule has 0 aromatic rings. The fraction of sp³-hybridized carbons (Fsp3) is 0.667. The van der Waals surface area contributed by atoms with Crippen molar-refractivity contribution in [1.82, 2.24) is 5.06 Å². The maximum Gasteiger partial charge on any atom is 0.259 e. The Morgan fingerprint density at radius 1 is 1.00 bits per heavy atom. The van der Waals surface area contributed by atoms with Crippen molar-refractivity contribution in [2.45, 2.75) is 27.4 Å². The molecule has 3 rings (SSSR count). The van der Waals surface area contributed by atoms with Crippen LogP contribution in [-0.2, 0) is 14.4 Å². The molecule has 3 aliphatic rings. The number of carbonyl (C=O) groups excluding carboxylic acids is 2. The zero-order valence-electron chi connectivity index (χ0n) is 11.0. The molecule has 1 heterocycles. The lowest BCUT2D eigenvalue weighted by molar-refractivity contribution is -0.190. The predicted molar refractivity (Wildman–Crippen MR) is 85.4 cm³/mol. The molecule has 2 aliphatic carbocycles. The van der Waals surface area contributed by atoms with Crippen molar-refractivity contribution >= 4 is 81.4 Å². The van der Waals surface area contributed by atoms with E-state index in [2.05, 4.69) is 0 Å². The van der Waals surface area contributed by atoms with Crippen LogP contribution < -0.4 is 0 Å². The highest BCUT2D eigenvalue weighted by molar-refractivity contribution is 6.66. The number of allylic oxidation sites excluding steroid dienone is 2. The van der Waals surface area contributed by atoms with Gasteiger partial charge in [-0.15, -0.1) is 23.2 Å². The van der Waals surface area contributed by atoms with E-state index >= 15 is 0 Å². The lowest BCUT2D eigenvalue weighted by Crippen LogP contribution is -2.50. The molecule has 1 aliphatic heterocycles. The number of nitrogens with zero attached hydrogens (tertiary/aromatic N) is 1. The average molecular weight is 428 g/mol. The van der Waals surface area contributed by atoms with Gasteiger partial charge in [0.1, 0.15) is 9.75 Å². The maximum absolute atomic E-state index is 12.6. The van der Waals surface area contributed by atoms with E-state index < -0.39 is 37.7 Å². The molecule has 122 valence electrons. The topological polar surface area (TPSA) is 46.6 Å². The largest absolute Gasteiger partial charge is 0.272 e. The van der Waals surface area contributed by atoms with Crippen LogP contribution in [0.3, 0.4) is 0 Å². The monoisotopic (exact) mass is 425 g/mol. The van der Waals surface area contributed by atoms with Crippen LogP contribution in [0.4, 0.5) is 0 Å². The highest BCUT2D eigenvalue weighted by Crippen LogP contribution is 2.77. The van der Waals surface area contributed by atoms with Gasteiger partial charge in [0.05, 0.1) is 28.5 Å². The van der Waals surface area contributed by atoms with Crippen molar-refractivity contribution in [3.05, 3.63) is 10.1 Å². The van der Waals surface area contributed by atoms with Crippen LogP contribution in [0.2, 0.25) is 0 Å². The van der Waals surface area contributed by atoms with Crippen molar-refractivity contribution in [3.8, 4) is 0 Å². The Labute approximate surface area is 156 Å². The maximum atomic E-state index is 12.6. The number of amides is 2. The summed E-state index contributed by atoms with van der Waals surface area (Å²) in [5.41, 5.74) is 0. The van der Waals surface area contributed by atoms with E-state index in [4.69, 9.17) is 74.4 Å². The molecule has 10 heteroatoms. The molecular weight excluding hydrogens is 419 g/mol. The van der Waals surface area contributed by atoms with Gasteiger partial charge in [0.2, 0.25) is 0 Å². The second-order valence-corrected chi connectivity index (χ2v) is 8.66. The Balaban J connectivity index is 2.15. The molecule has 0 unspecified atom stereocenters. The molecule has 0 radical (unpaired) electrons. The summed E-state index contributed by atoms with van der Waals surface area (Å²) in [6, 6.07) is 0. The van der Waals surface area contributed by atoms with Gasteiger partial charge in [-0.05, 0) is 6.42 Å². The first-order chi connectivity index (χ1) is 10.1. The molecule has 0 spiro atoms. The average Bonchev–Trinajstić information content (AvgIpc) is 2.83. The summed E-state index contributed by atoms with van der Waals surface area (Å²) >= 11 is 37.9. The fourth-order valence-corrected chi connectivity index (χ4v) is 6.21. The zero-order chi connectivity index (χ0) is 16.7. The van der Waals surface area contributed by atoms with E-state index in [0.29, 0.717) is 11.5 Å². The summed E-state index contributed by atoms with van der Waals surface area (Å²) in [5, 5.41) is 0.432. The van der Waals surface area contributed by atoms with Gasteiger partial charge in [-0.2, -0.15) is 5.06 Å². The van der Waals surface area contributed by atoms with Crippen molar-refractivity contribution in [1.29, 1.82) is 0 Å². The highest BCUT2D eigenvalue weighted by atomic mass is 35.5. The predicted octanol–water partition coefficient (Wildman–Crippen LogP) is 3.77. The van der Waals surface area contributed by atoms with Crippen LogP contribution in [0.5, 0.6) is 0 Å². The van der Waals surface area contributed by atoms with E-state index in [1.807, 2.05) is 6.92 Å². The van der Waals surface area contributed by atoms with Crippen LogP contribution in [0, 0.1) is 11.8 Å². The number of hydrogen-bond acceptors (Lipinski definition) is 3. The van der Waals surface area contributed by atoms with Crippen molar-refractivity contribution in [2.75, 3.05) is 6.61 Å². The SMILES string of the molecule is CCCON1C(=O)[C@@H]2[C@@H](C1=O)[C@@]1(Cl)C(Cl)=C(Cl)[C@@]2(Cl)C1(Cl)Cl. The third-order valence-corrected chi connectivity index (χ3v) is 8.55. The van der Waals surface area contributed by atoms with E-state index in [0.717, 1.165) is 0 Å². The normalized spacial score (nSPS) is 42.6. The molecule has 2 amide bonds. The molecular formula is C12H9Cl6NO3. The molecule has 4 nitrogen and oxygen atoms in total. The molecule has 2 bridgehead atoms. The number of fused-ring (bicyclic) bond motifs is 5. The highest BCUT2D eigenvalue weighted by Gasteiger charge is 2.87. The van der Waals surface area contributed by atoms with Gasteiger partial charge < -0.3 is 0 Å². The third kappa shape index (κ3) is 1.58. The molecule has 0 aromatic heterocycles. The number of hydroxylamine groups is 2. The molecule has 4 atom stereocenters. The molecule has 0 aromatic carbocycles. The number of carbonyl (C=O) groups is 2. The summed E-state index contributed by atoms with van der Waals surface area (Å²) in [5.74, 6) is -3.62. The molecule has 1 saturated carbocycles. The quantitative estimate of drug-likeness (QED) is 0.508. The van der Waals surface area contributed by atoms with Crippen LogP contribution in [0.1, 0.15) is 13.3 Å². The standard InChI is InChI=1S/C12H9Cl6NO3/c1-2-3-22-19-8(20)4-5(9(19)21)11(16)7(14)6(13)10(4,15)12(11,17)18/h4-5H,2-3H2,1H3/t4-,5-,10+,11+/m0/s1. The lowest BCUT2D eigenvalue weighted by Gasteiger charge is -2.34. The van der Waals surface area contributed by atoms with Gasteiger partial charge in [0.15, 0.2) is 4.33 Å². The van der Waals surface area contributed by atoms with Crippen LogP contribution in [0.15, 0.2) is 10.1 Å². The fourth-order valence-electron chi connectivity index (χ4n) is 3.28. The number of rotatable bonds is 3. The van der Waals surface area contributed by atoms with Crippen molar-refractivity contribution in [2.24, 2.45) is 11.8 Å². The van der Waals surface area contributed by atoms with Gasteiger partial charge in [-0.3, -0.25) is 14.4 Å². The van der Waals surface area contributed by atoms with Crippen LogP contribution in [-0.4, -0.2) is 37.6 Å². The van der Waals surface area contributed by atoms with E-state index in [-0.39, 0.29) is 16.7 Å². The molecule has 0 N–H and O–H groups in total. The summed E-state index contributed by atoms with van der Waals surface area (Å²) in [4.78, 5) is 26.8. The van der Waals surface area contributed by atoms with E-state index in [1.54, 1.807) is 0 Å². The minimum absolute atomic E-state index is 0.115. The minimum atomic E-state index is -1.91. The Hall–Kier alpha value is 0.580. The Kier molecular flexibility index (Phi) is 3.99. The Morgan fingerprint density at radius 3 is 1.77 bits per heavy atom. The van der Waals surface area contributed by atoms with E-state index in [1.165, 1.54) is 0 Å². The minimum Gasteiger partial charge on any atom is -0.272 e. The second kappa shape index (κ2) is 5.04. The van der Waals surface area contributed by atoms with Gasteiger partial charge in [0, 0.05) is 0 Å². The van der Waals surface area contributed by atoms with Crippen LogP contribution in [0.25, 0.3) is 0 Å². The first kappa shape index (κ1) is 17.4. The number of halogens is 6. The Bertz CT molecular complexity index is 576. The van der Waals surface area contributed by atoms with Crippen LogP contribution >= 0.6 is 69.6 Å². The molecule has 2 fully saturated rings. The summed E-state index contributed by atoms with van der Waals surface area (Å²) in [7, 11) is 0. The number of hydrogen-bond donors (Lipinski definition) is 0. The second-order valence-electron chi connectivity index (χ2n) is 5.39. The summed E-state index contributed by atoms with van der Waals surface area (Å²) in [6.45, 7) is 2.02. The van der Waals surface area contributed by atoms with Crippen molar-refractivity contribution < 1.29 is 14.4 Å². The van der Waals surface area contributed by atoms with Crippen molar-refractivity contribution in [3.63, 3.8) is 0 Å². The third-order valence-electron chi connectivity index (χ3n) is 4.29. The van der Waals surface area contributed by atoms with Gasteiger partial charge in [0.25, 0.3) is 11.8 Å². The first-order valence-corrected chi connectivity index (χ1v) is 8.67. The first-order valence-electron chi connectivity index (χ1n) is 6.41. The van der Waals surface area contributed by atoms with Gasteiger partial charge in [-0.25, -0.2) is 0 Å². The zero-order valence-corrected chi connectivity index (χ0v) is 15.5. The Morgan fingerprint density at radius 2 is 1.41 bits per heavy atom. The molecule has 22 heavy (non-hydrogen) atoms. The lowest BCUT2D eigenvalue weighted by atomic mass is 9.84. The summed E-state index contributed by atoms with van der Waals surface area (Å²) in [6.07, 6.45) is 0.610. The number of alkyl halides is 4. The smallest absolute Gasteiger partial charge is 0.259 e. The summed E-state index contributed by atoms with van der Waals surface area (Å²) < 4.78 is -1.91. The molecule has 1 saturated heterocycles.